The van der Waals surface area contributed by atoms with E-state index in [-0.39, 0.29) is 0 Å². The Bertz CT molecular complexity index is 581. The molecule has 0 N–H and O–H groups in total. The minimum absolute atomic E-state index is 0.479. The number of hydrogen-bond donors (Lipinski definition) is 0. The van der Waals surface area contributed by atoms with E-state index in [1.165, 1.54) is 12.2 Å². The molecule has 0 amide bonds. The second-order valence-corrected chi connectivity index (χ2v) is 6.08. The van der Waals surface area contributed by atoms with E-state index in [9.17, 15) is 0 Å². The van der Waals surface area contributed by atoms with Crippen LogP contribution < -0.4 is 4.74 Å². The highest BCUT2D eigenvalue weighted by Crippen LogP contribution is 2.32. The number of nitrogens with zero attached hydrogens (tertiary/aromatic N) is 3. The number of methoxy groups -OCH3 is 1. The van der Waals surface area contributed by atoms with Crippen molar-refractivity contribution in [3.05, 3.63) is 18.0 Å². The average Bonchev–Trinajstić information content (AvgIpc) is 3.04. The van der Waals surface area contributed by atoms with Gasteiger partial charge in [0.25, 0.3) is 0 Å². The van der Waals surface area contributed by atoms with Gasteiger partial charge in [0.1, 0.15) is 11.3 Å². The predicted molar refractivity (Wildman–Crippen MR) is 79.5 cm³/mol. The molecular formula is C13H16ClN3OS. The number of thioether (sulfide) groups is 1. The molecule has 3 heterocycles. The van der Waals surface area contributed by atoms with Crippen LogP contribution >= 0.6 is 23.4 Å². The zero-order valence-corrected chi connectivity index (χ0v) is 12.4. The molecule has 102 valence electrons. The molecule has 1 aliphatic heterocycles. The fraction of sp³-hybridized carbons (Fsp3) is 0.538. The number of rotatable bonds is 4. The number of imidazole rings is 1. The lowest BCUT2D eigenvalue weighted by Crippen LogP contribution is -2.13. The highest BCUT2D eigenvalue weighted by molar-refractivity contribution is 7.99. The van der Waals surface area contributed by atoms with Crippen LogP contribution in [0.2, 0.25) is 0 Å². The zero-order chi connectivity index (χ0) is 13.2. The molecule has 2 aromatic heterocycles. The van der Waals surface area contributed by atoms with Gasteiger partial charge in [-0.1, -0.05) is 0 Å². The van der Waals surface area contributed by atoms with Gasteiger partial charge in [0.15, 0.2) is 5.65 Å². The molecule has 0 aliphatic carbocycles. The van der Waals surface area contributed by atoms with Crippen LogP contribution in [-0.4, -0.2) is 39.0 Å². The molecule has 0 aromatic carbocycles. The molecule has 0 radical (unpaired) electrons. The van der Waals surface area contributed by atoms with Gasteiger partial charge < -0.3 is 9.30 Å². The van der Waals surface area contributed by atoms with Gasteiger partial charge in [-0.3, -0.25) is 0 Å². The van der Waals surface area contributed by atoms with Gasteiger partial charge in [0.2, 0.25) is 5.88 Å². The Balaban J connectivity index is 2.14. The molecule has 1 aliphatic rings. The number of fused-ring (bicyclic) bond motifs is 1. The normalized spacial score (nSPS) is 19.2. The molecule has 1 fully saturated rings. The summed E-state index contributed by atoms with van der Waals surface area (Å²) in [5.74, 6) is 4.59. The van der Waals surface area contributed by atoms with E-state index in [4.69, 9.17) is 16.3 Å². The number of pyridine rings is 1. The Hall–Kier alpha value is -0.940. The van der Waals surface area contributed by atoms with Gasteiger partial charge in [-0.05, 0) is 18.2 Å². The maximum atomic E-state index is 5.90. The first-order valence-electron chi connectivity index (χ1n) is 6.39. The van der Waals surface area contributed by atoms with Gasteiger partial charge in [0.05, 0.1) is 7.11 Å². The van der Waals surface area contributed by atoms with Crippen molar-refractivity contribution in [2.75, 3.05) is 24.5 Å². The summed E-state index contributed by atoms with van der Waals surface area (Å²) >= 11 is 7.88. The topological polar surface area (TPSA) is 39.9 Å². The second-order valence-electron chi connectivity index (χ2n) is 4.55. The van der Waals surface area contributed by atoms with Gasteiger partial charge >= 0.3 is 0 Å². The van der Waals surface area contributed by atoms with Crippen LogP contribution in [0.5, 0.6) is 5.88 Å². The highest BCUT2D eigenvalue weighted by atomic mass is 35.5. The Morgan fingerprint density at radius 1 is 1.47 bits per heavy atom. The van der Waals surface area contributed by atoms with E-state index >= 15 is 0 Å². The fourth-order valence-electron chi connectivity index (χ4n) is 2.49. The van der Waals surface area contributed by atoms with E-state index < -0.39 is 0 Å². The molecule has 19 heavy (non-hydrogen) atoms. The van der Waals surface area contributed by atoms with E-state index in [1.807, 2.05) is 23.9 Å². The van der Waals surface area contributed by atoms with E-state index in [1.54, 1.807) is 7.11 Å². The van der Waals surface area contributed by atoms with Gasteiger partial charge in [-0.15, -0.1) is 11.6 Å². The summed E-state index contributed by atoms with van der Waals surface area (Å²) in [5.41, 5.74) is 1.85. The van der Waals surface area contributed by atoms with E-state index in [0.29, 0.717) is 17.8 Å². The molecule has 6 heteroatoms. The minimum Gasteiger partial charge on any atom is -0.481 e. The predicted octanol–water partition coefficient (Wildman–Crippen LogP) is 2.90. The van der Waals surface area contributed by atoms with Crippen LogP contribution in [0.1, 0.15) is 18.3 Å². The van der Waals surface area contributed by atoms with Gasteiger partial charge in [-0.25, -0.2) is 4.98 Å². The quantitative estimate of drug-likeness (QED) is 0.814. The number of aromatic nitrogens is 3. The summed E-state index contributed by atoms with van der Waals surface area (Å²) in [6, 6.07) is 4.30. The summed E-state index contributed by atoms with van der Waals surface area (Å²) in [6.45, 7) is 0. The van der Waals surface area contributed by atoms with Gasteiger partial charge in [0, 0.05) is 30.2 Å². The van der Waals surface area contributed by atoms with Crippen LogP contribution in [0.3, 0.4) is 0 Å². The summed E-state index contributed by atoms with van der Waals surface area (Å²) in [6.07, 6.45) is 1.95. The summed E-state index contributed by atoms with van der Waals surface area (Å²) in [4.78, 5) is 9.24. The Morgan fingerprint density at radius 2 is 2.37 bits per heavy atom. The third-order valence-electron chi connectivity index (χ3n) is 3.38. The molecule has 1 atom stereocenters. The average molecular weight is 298 g/mol. The highest BCUT2D eigenvalue weighted by Gasteiger charge is 2.23. The first kappa shape index (κ1) is 13.1. The summed E-state index contributed by atoms with van der Waals surface area (Å²) in [5, 5.41) is 0. The molecule has 1 saturated heterocycles. The maximum absolute atomic E-state index is 5.90. The van der Waals surface area contributed by atoms with Crippen LogP contribution in [0.25, 0.3) is 11.2 Å². The smallest absolute Gasteiger partial charge is 0.215 e. The van der Waals surface area contributed by atoms with Crippen molar-refractivity contribution in [3.8, 4) is 5.88 Å². The Labute approximate surface area is 121 Å². The number of alkyl halides is 1. The number of hydrogen-bond acceptors (Lipinski definition) is 4. The van der Waals surface area contributed by atoms with Crippen molar-refractivity contribution >= 4 is 34.5 Å². The zero-order valence-electron chi connectivity index (χ0n) is 10.8. The minimum atomic E-state index is 0.479. The van der Waals surface area contributed by atoms with Crippen molar-refractivity contribution in [1.82, 2.24) is 14.5 Å². The Kier molecular flexibility index (Phi) is 3.84. The first-order chi connectivity index (χ1) is 9.33. The second kappa shape index (κ2) is 5.59. The van der Waals surface area contributed by atoms with Gasteiger partial charge in [-0.2, -0.15) is 16.7 Å². The Morgan fingerprint density at radius 3 is 3.05 bits per heavy atom. The van der Waals surface area contributed by atoms with E-state index in [2.05, 4.69) is 14.5 Å². The summed E-state index contributed by atoms with van der Waals surface area (Å²) < 4.78 is 7.49. The van der Waals surface area contributed by atoms with Crippen molar-refractivity contribution in [3.63, 3.8) is 0 Å². The lowest BCUT2D eigenvalue weighted by atomic mass is 10.2. The molecule has 3 rings (SSSR count). The molecule has 0 bridgehead atoms. The van der Waals surface area contributed by atoms with Crippen LogP contribution in [0.4, 0.5) is 0 Å². The van der Waals surface area contributed by atoms with Crippen molar-refractivity contribution < 1.29 is 4.74 Å². The standard InChI is InChI=1S/C13H16ClN3OS/c1-18-12-3-2-10-13(16-12)17(9-5-7-19-8-9)11(15-10)4-6-14/h2-3,9H,4-8H2,1H3. The summed E-state index contributed by atoms with van der Waals surface area (Å²) in [7, 11) is 1.64. The van der Waals surface area contributed by atoms with Crippen LogP contribution in [0, 0.1) is 0 Å². The van der Waals surface area contributed by atoms with Crippen molar-refractivity contribution in [2.24, 2.45) is 0 Å². The third kappa shape index (κ3) is 2.41. The fourth-order valence-corrected chi connectivity index (χ4v) is 3.85. The molecule has 4 nitrogen and oxygen atoms in total. The monoisotopic (exact) mass is 297 g/mol. The third-order valence-corrected chi connectivity index (χ3v) is 4.72. The molecule has 2 aromatic rings. The lowest BCUT2D eigenvalue weighted by Gasteiger charge is -2.14. The van der Waals surface area contributed by atoms with Crippen molar-refractivity contribution in [2.45, 2.75) is 18.9 Å². The molecule has 0 saturated carbocycles. The number of aryl methyl sites for hydroxylation is 1. The largest absolute Gasteiger partial charge is 0.481 e. The molecule has 0 spiro atoms. The number of ether oxygens (including phenoxy) is 1. The van der Waals surface area contributed by atoms with Crippen molar-refractivity contribution in [1.29, 1.82) is 0 Å². The van der Waals surface area contributed by atoms with Crippen LogP contribution in [0.15, 0.2) is 12.1 Å². The lowest BCUT2D eigenvalue weighted by molar-refractivity contribution is 0.398. The SMILES string of the molecule is COc1ccc2nc(CCCl)n(C3CCSC3)c2n1. The maximum Gasteiger partial charge on any atom is 0.215 e. The van der Waals surface area contributed by atoms with Crippen LogP contribution in [-0.2, 0) is 6.42 Å². The number of halogens is 1. The van der Waals surface area contributed by atoms with E-state index in [0.717, 1.165) is 29.2 Å². The molecular weight excluding hydrogens is 282 g/mol. The first-order valence-corrected chi connectivity index (χ1v) is 8.08. The molecule has 1 unspecified atom stereocenters.